The maximum atomic E-state index is 13.6. The molecule has 4 rings (SSSR count). The molecule has 3 aromatic rings. The number of rotatable bonds is 7. The number of ketones is 1. The number of halogens is 3. The Kier molecular flexibility index (Phi) is 7.33. The highest BCUT2D eigenvalue weighted by Crippen LogP contribution is 2.35. The molecule has 0 unspecified atom stereocenters. The average molecular weight is 495 g/mol. The molecule has 0 amide bonds. The first kappa shape index (κ1) is 24.4. The van der Waals surface area contributed by atoms with E-state index in [1.165, 1.54) is 29.1 Å². The third-order valence-electron chi connectivity index (χ3n) is 5.40. The Balaban J connectivity index is 1.52. The van der Waals surface area contributed by atoms with Gasteiger partial charge in [0.25, 0.3) is 0 Å². The Morgan fingerprint density at radius 3 is 2.59 bits per heavy atom. The Bertz CT molecular complexity index is 1180. The number of aromatic nitrogens is 3. The number of ether oxygens (including phenoxy) is 1. The summed E-state index contributed by atoms with van der Waals surface area (Å²) in [5, 5.41) is 39.1. The highest BCUT2D eigenvalue weighted by atomic mass is 32.2. The van der Waals surface area contributed by atoms with Gasteiger partial charge in [0, 0.05) is 11.1 Å². The smallest absolute Gasteiger partial charge is 0.172 e. The minimum Gasteiger partial charge on any atom is -0.394 e. The maximum Gasteiger partial charge on any atom is 0.172 e. The van der Waals surface area contributed by atoms with Crippen molar-refractivity contribution in [2.75, 3.05) is 12.4 Å². The highest BCUT2D eigenvalue weighted by molar-refractivity contribution is 8.00. The van der Waals surface area contributed by atoms with Crippen LogP contribution >= 0.6 is 11.8 Å². The van der Waals surface area contributed by atoms with E-state index in [-0.39, 0.29) is 11.3 Å². The summed E-state index contributed by atoms with van der Waals surface area (Å²) in [7, 11) is 0. The van der Waals surface area contributed by atoms with Crippen LogP contribution in [0.1, 0.15) is 16.4 Å². The number of hydrogen-bond acceptors (Lipinski definition) is 8. The van der Waals surface area contributed by atoms with Gasteiger partial charge in [0.05, 0.1) is 18.6 Å². The molecule has 0 radical (unpaired) electrons. The molecule has 1 fully saturated rings. The van der Waals surface area contributed by atoms with Crippen molar-refractivity contribution >= 4 is 17.5 Å². The van der Waals surface area contributed by atoms with Crippen LogP contribution in [0.5, 0.6) is 0 Å². The summed E-state index contributed by atoms with van der Waals surface area (Å²) in [6.07, 6.45) is -2.45. The molecule has 12 heteroatoms. The summed E-state index contributed by atoms with van der Waals surface area (Å²) in [6.45, 7) is -0.579. The van der Waals surface area contributed by atoms with Crippen molar-refractivity contribution in [3.63, 3.8) is 0 Å². The van der Waals surface area contributed by atoms with Crippen LogP contribution in [-0.4, -0.2) is 72.2 Å². The van der Waals surface area contributed by atoms with Crippen molar-refractivity contribution in [3.8, 4) is 11.3 Å². The summed E-state index contributed by atoms with van der Waals surface area (Å²) in [5.74, 6) is -3.49. The summed E-state index contributed by atoms with van der Waals surface area (Å²) in [5.41, 5.74) is -0.391. The summed E-state index contributed by atoms with van der Waals surface area (Å²) < 4.78 is 46.9. The van der Waals surface area contributed by atoms with Gasteiger partial charge < -0.3 is 20.1 Å². The molecule has 0 bridgehead atoms. The van der Waals surface area contributed by atoms with Crippen LogP contribution in [-0.2, 0) is 4.74 Å². The van der Waals surface area contributed by atoms with Crippen molar-refractivity contribution < 1.29 is 38.0 Å². The third-order valence-corrected chi connectivity index (χ3v) is 6.55. The lowest BCUT2D eigenvalue weighted by atomic mass is 9.97. The van der Waals surface area contributed by atoms with Crippen LogP contribution < -0.4 is 0 Å². The zero-order valence-electron chi connectivity index (χ0n) is 17.5. The van der Waals surface area contributed by atoms with Gasteiger partial charge in [-0.25, -0.2) is 17.9 Å². The van der Waals surface area contributed by atoms with Crippen LogP contribution in [0.15, 0.2) is 48.7 Å². The Hall–Kier alpha value is -2.77. The normalized spacial score (nSPS) is 24.8. The molecule has 0 spiro atoms. The first-order valence-electron chi connectivity index (χ1n) is 10.2. The molecule has 1 aliphatic heterocycles. The van der Waals surface area contributed by atoms with Crippen LogP contribution in [0.2, 0.25) is 0 Å². The number of Topliss-reactive ketones (excluding diaryl/α,β-unsaturated/α-hetero) is 1. The van der Waals surface area contributed by atoms with Crippen molar-refractivity contribution in [1.82, 2.24) is 15.0 Å². The SMILES string of the molecule is O=C(CS[C@@H]1O[C@H](CO)[C@H](O)[C@H](n2cc(-c3cccc(F)c3)nn2)[C@H]1O)c1ccc(F)c(F)c1. The second-order valence-electron chi connectivity index (χ2n) is 7.65. The van der Waals surface area contributed by atoms with Gasteiger partial charge in [0.1, 0.15) is 41.3 Å². The van der Waals surface area contributed by atoms with Gasteiger partial charge in [0.2, 0.25) is 0 Å². The first-order valence-corrected chi connectivity index (χ1v) is 11.2. The lowest BCUT2D eigenvalue weighted by Gasteiger charge is -2.41. The minimum atomic E-state index is -1.39. The maximum absolute atomic E-state index is 13.6. The molecule has 8 nitrogen and oxygen atoms in total. The van der Waals surface area contributed by atoms with Crippen molar-refractivity contribution in [2.24, 2.45) is 0 Å². The van der Waals surface area contributed by atoms with Crippen LogP contribution in [0.25, 0.3) is 11.3 Å². The van der Waals surface area contributed by atoms with Gasteiger partial charge in [-0.2, -0.15) is 0 Å². The number of nitrogens with zero attached hydrogens (tertiary/aromatic N) is 3. The number of carbonyl (C=O) groups excluding carboxylic acids is 1. The van der Waals surface area contributed by atoms with E-state index in [1.807, 2.05) is 0 Å². The van der Waals surface area contributed by atoms with Crippen LogP contribution in [0.3, 0.4) is 0 Å². The topological polar surface area (TPSA) is 118 Å². The molecule has 0 saturated carbocycles. The molecule has 1 aromatic heterocycles. The van der Waals surface area contributed by atoms with Crippen LogP contribution in [0.4, 0.5) is 13.2 Å². The predicted octanol–water partition coefficient (Wildman–Crippen LogP) is 1.96. The van der Waals surface area contributed by atoms with Gasteiger partial charge in [-0.15, -0.1) is 16.9 Å². The van der Waals surface area contributed by atoms with E-state index in [1.54, 1.807) is 6.07 Å². The van der Waals surface area contributed by atoms with Gasteiger partial charge >= 0.3 is 0 Å². The lowest BCUT2D eigenvalue weighted by molar-refractivity contribution is -0.178. The predicted molar refractivity (Wildman–Crippen MR) is 115 cm³/mol. The minimum absolute atomic E-state index is 0.0528. The largest absolute Gasteiger partial charge is 0.394 e. The number of thioether (sulfide) groups is 1. The fourth-order valence-corrected chi connectivity index (χ4v) is 4.69. The standard InChI is InChI=1S/C22H20F3N3O5S/c23-13-3-1-2-11(6-13)16-8-28(27-26-16)19-20(31)18(9-29)33-22(21(19)32)34-10-17(30)12-4-5-14(24)15(25)7-12/h1-8,18-22,29,31-32H,9-10H2/t18-,19+,20+,21-,22+/m1/s1. The summed E-state index contributed by atoms with van der Waals surface area (Å²) >= 11 is 0.872. The lowest BCUT2D eigenvalue weighted by Crippen LogP contribution is -2.55. The number of aliphatic hydroxyl groups is 3. The van der Waals surface area contributed by atoms with Crippen molar-refractivity contribution in [1.29, 1.82) is 0 Å². The molecule has 2 heterocycles. The molecule has 2 aromatic carbocycles. The second-order valence-corrected chi connectivity index (χ2v) is 8.74. The number of benzene rings is 2. The monoisotopic (exact) mass is 495 g/mol. The number of hydrogen-bond donors (Lipinski definition) is 3. The van der Waals surface area contributed by atoms with Crippen molar-refractivity contribution in [2.45, 2.75) is 29.8 Å². The zero-order valence-corrected chi connectivity index (χ0v) is 18.3. The molecule has 0 aliphatic carbocycles. The number of aliphatic hydroxyl groups excluding tert-OH is 3. The molecule has 180 valence electrons. The van der Waals surface area contributed by atoms with E-state index in [0.29, 0.717) is 11.3 Å². The van der Waals surface area contributed by atoms with Gasteiger partial charge in [0.15, 0.2) is 17.4 Å². The van der Waals surface area contributed by atoms with E-state index >= 15 is 0 Å². The molecule has 34 heavy (non-hydrogen) atoms. The molecule has 1 saturated heterocycles. The van der Waals surface area contributed by atoms with Gasteiger partial charge in [-0.3, -0.25) is 4.79 Å². The fraction of sp³-hybridized carbons (Fsp3) is 0.318. The number of carbonyl (C=O) groups is 1. The molecular weight excluding hydrogens is 475 g/mol. The van der Waals surface area contributed by atoms with E-state index in [2.05, 4.69) is 10.3 Å². The zero-order chi connectivity index (χ0) is 24.4. The molecule has 3 N–H and O–H groups in total. The molecular formula is C22H20F3N3O5S. The first-order chi connectivity index (χ1) is 16.3. The fourth-order valence-electron chi connectivity index (χ4n) is 3.63. The van der Waals surface area contributed by atoms with Gasteiger partial charge in [-0.1, -0.05) is 17.3 Å². The molecule has 1 aliphatic rings. The average Bonchev–Trinajstić information content (AvgIpc) is 3.30. The van der Waals surface area contributed by atoms with Crippen molar-refractivity contribution in [3.05, 3.63) is 71.7 Å². The Morgan fingerprint density at radius 2 is 1.88 bits per heavy atom. The van der Waals surface area contributed by atoms with Gasteiger partial charge in [-0.05, 0) is 30.3 Å². The second kappa shape index (κ2) is 10.2. The van der Waals surface area contributed by atoms with Crippen LogP contribution in [0, 0.1) is 17.5 Å². The van der Waals surface area contributed by atoms with E-state index in [0.717, 1.165) is 30.0 Å². The summed E-state index contributed by atoms with van der Waals surface area (Å²) in [4.78, 5) is 12.4. The van der Waals surface area contributed by atoms with E-state index < -0.39 is 59.6 Å². The quantitative estimate of drug-likeness (QED) is 0.426. The highest BCUT2D eigenvalue weighted by Gasteiger charge is 2.46. The third kappa shape index (κ3) is 5.00. The van der Waals surface area contributed by atoms with E-state index in [9.17, 15) is 33.3 Å². The summed E-state index contributed by atoms with van der Waals surface area (Å²) in [6, 6.07) is 7.31. The molecule has 5 atom stereocenters. The van der Waals surface area contributed by atoms with E-state index in [4.69, 9.17) is 4.74 Å². The Labute approximate surface area is 196 Å². The Morgan fingerprint density at radius 1 is 1.09 bits per heavy atom.